The van der Waals surface area contributed by atoms with Crippen LogP contribution in [0.15, 0.2) is 41.0 Å². The van der Waals surface area contributed by atoms with E-state index in [1.807, 2.05) is 12.1 Å². The first-order chi connectivity index (χ1) is 12.2. The Morgan fingerprint density at radius 2 is 2.16 bits per heavy atom. The minimum absolute atomic E-state index is 0.251. The first-order valence-electron chi connectivity index (χ1n) is 8.24. The highest BCUT2D eigenvalue weighted by atomic mass is 16.5. The Labute approximate surface area is 145 Å². The zero-order chi connectivity index (χ0) is 17.6. The molecule has 130 valence electrons. The zero-order valence-electron chi connectivity index (χ0n) is 14.1. The van der Waals surface area contributed by atoms with Crippen LogP contribution in [-0.4, -0.2) is 30.0 Å². The maximum absolute atomic E-state index is 11.3. The maximum Gasteiger partial charge on any atom is 0.248 e. The number of nitrogens with zero attached hydrogens (tertiary/aromatic N) is 1. The molecule has 3 rings (SSSR count). The van der Waals surface area contributed by atoms with E-state index in [1.54, 1.807) is 13.3 Å². The van der Waals surface area contributed by atoms with E-state index in [9.17, 15) is 9.59 Å². The van der Waals surface area contributed by atoms with Crippen molar-refractivity contribution in [3.63, 3.8) is 0 Å². The van der Waals surface area contributed by atoms with Gasteiger partial charge in [0.05, 0.1) is 12.7 Å². The average Bonchev–Trinajstić information content (AvgIpc) is 2.67. The number of nitrogens with one attached hydrogen (secondary N) is 1. The van der Waals surface area contributed by atoms with Gasteiger partial charge in [-0.15, -0.1) is 0 Å². The first kappa shape index (κ1) is 17.0. The van der Waals surface area contributed by atoms with Gasteiger partial charge >= 0.3 is 0 Å². The molecule has 6 nitrogen and oxygen atoms in total. The molecule has 1 aliphatic carbocycles. The smallest absolute Gasteiger partial charge is 0.248 e. The van der Waals surface area contributed by atoms with Crippen LogP contribution in [0.4, 0.5) is 0 Å². The molecule has 0 aliphatic heterocycles. The summed E-state index contributed by atoms with van der Waals surface area (Å²) >= 11 is 0. The number of rotatable bonds is 6. The van der Waals surface area contributed by atoms with E-state index in [2.05, 4.69) is 9.97 Å². The molecule has 6 heteroatoms. The molecule has 0 unspecified atom stereocenters. The fourth-order valence-electron chi connectivity index (χ4n) is 3.09. The lowest BCUT2D eigenvalue weighted by Gasteiger charge is -2.22. The van der Waals surface area contributed by atoms with Crippen LogP contribution in [0, 0.1) is 0 Å². The standard InChI is InChI=1S/C19H20N2O4/c1-24-19-16(7-4-8-20-19)15-6-3-2-5-13(15)12-25-17-10-21-18(23)9-14(17)11-22/h4,7-11H,2-3,5-6,12H2,1H3,(H,21,23). The van der Waals surface area contributed by atoms with Crippen molar-refractivity contribution in [2.75, 3.05) is 13.7 Å². The molecule has 0 saturated carbocycles. The SMILES string of the molecule is COc1ncccc1C1=C(COc2c[nH]c(=O)cc2C=O)CCCC1. The lowest BCUT2D eigenvalue weighted by molar-refractivity contribution is 0.111. The van der Waals surface area contributed by atoms with E-state index < -0.39 is 0 Å². The van der Waals surface area contributed by atoms with Crippen molar-refractivity contribution in [1.29, 1.82) is 0 Å². The summed E-state index contributed by atoms with van der Waals surface area (Å²) in [5.41, 5.74) is 3.27. The molecule has 1 N–H and O–H groups in total. The lowest BCUT2D eigenvalue weighted by atomic mass is 9.88. The molecular weight excluding hydrogens is 320 g/mol. The molecule has 2 heterocycles. The molecule has 2 aromatic heterocycles. The predicted molar refractivity (Wildman–Crippen MR) is 94.1 cm³/mol. The third kappa shape index (κ3) is 3.79. The van der Waals surface area contributed by atoms with Gasteiger partial charge in [0, 0.05) is 24.0 Å². The molecule has 0 radical (unpaired) electrons. The van der Waals surface area contributed by atoms with E-state index in [-0.39, 0.29) is 11.1 Å². The summed E-state index contributed by atoms with van der Waals surface area (Å²) in [5, 5.41) is 0. The van der Waals surface area contributed by atoms with E-state index in [1.165, 1.54) is 23.4 Å². The molecule has 0 fully saturated rings. The van der Waals surface area contributed by atoms with Crippen LogP contribution in [0.3, 0.4) is 0 Å². The molecule has 0 saturated heterocycles. The summed E-state index contributed by atoms with van der Waals surface area (Å²) in [6, 6.07) is 5.14. The Hall–Kier alpha value is -2.89. The van der Waals surface area contributed by atoms with Crippen LogP contribution in [0.25, 0.3) is 5.57 Å². The number of hydrogen-bond donors (Lipinski definition) is 1. The second kappa shape index (κ2) is 7.79. The Morgan fingerprint density at radius 1 is 1.32 bits per heavy atom. The molecule has 0 aromatic carbocycles. The van der Waals surface area contributed by atoms with Crippen molar-refractivity contribution in [2.45, 2.75) is 25.7 Å². The summed E-state index contributed by atoms with van der Waals surface area (Å²) in [6.07, 6.45) is 7.83. The van der Waals surface area contributed by atoms with Gasteiger partial charge in [0.25, 0.3) is 0 Å². The molecule has 0 atom stereocenters. The van der Waals surface area contributed by atoms with E-state index in [0.29, 0.717) is 24.5 Å². The van der Waals surface area contributed by atoms with Gasteiger partial charge in [-0.2, -0.15) is 0 Å². The molecule has 0 amide bonds. The number of aldehydes is 1. The molecule has 2 aromatic rings. The van der Waals surface area contributed by atoms with Gasteiger partial charge < -0.3 is 14.5 Å². The van der Waals surface area contributed by atoms with Crippen molar-refractivity contribution >= 4 is 11.9 Å². The fourth-order valence-corrected chi connectivity index (χ4v) is 3.09. The van der Waals surface area contributed by atoms with Crippen molar-refractivity contribution in [3.8, 4) is 11.6 Å². The van der Waals surface area contributed by atoms with Gasteiger partial charge in [-0.3, -0.25) is 9.59 Å². The number of carbonyl (C=O) groups excluding carboxylic acids is 1. The Bertz CT molecular complexity index is 854. The lowest BCUT2D eigenvalue weighted by Crippen LogP contribution is -2.12. The third-order valence-electron chi connectivity index (χ3n) is 4.32. The van der Waals surface area contributed by atoms with Crippen molar-refractivity contribution in [2.24, 2.45) is 0 Å². The Morgan fingerprint density at radius 3 is 2.96 bits per heavy atom. The van der Waals surface area contributed by atoms with Crippen LogP contribution in [-0.2, 0) is 0 Å². The fraction of sp³-hybridized carbons (Fsp3) is 0.316. The van der Waals surface area contributed by atoms with E-state index in [4.69, 9.17) is 9.47 Å². The number of carbonyl (C=O) groups is 1. The number of methoxy groups -OCH3 is 1. The quantitative estimate of drug-likeness (QED) is 0.818. The van der Waals surface area contributed by atoms with Gasteiger partial charge in [0.2, 0.25) is 11.4 Å². The average molecular weight is 340 g/mol. The number of allylic oxidation sites excluding steroid dienone is 1. The normalized spacial score (nSPS) is 14.3. The van der Waals surface area contributed by atoms with Gasteiger partial charge in [0.1, 0.15) is 12.4 Å². The second-order valence-electron chi connectivity index (χ2n) is 5.87. The maximum atomic E-state index is 11.3. The summed E-state index contributed by atoms with van der Waals surface area (Å²) in [7, 11) is 1.61. The molecule has 1 aliphatic rings. The van der Waals surface area contributed by atoms with Crippen LogP contribution < -0.4 is 15.0 Å². The monoisotopic (exact) mass is 340 g/mol. The zero-order valence-corrected chi connectivity index (χ0v) is 14.1. The largest absolute Gasteiger partial charge is 0.487 e. The van der Waals surface area contributed by atoms with Gasteiger partial charge in [-0.05, 0) is 49.0 Å². The number of aromatic nitrogens is 2. The van der Waals surface area contributed by atoms with Gasteiger partial charge in [-0.1, -0.05) is 0 Å². The molecule has 0 spiro atoms. The molecule has 0 bridgehead atoms. The topological polar surface area (TPSA) is 81.3 Å². The van der Waals surface area contributed by atoms with E-state index >= 15 is 0 Å². The van der Waals surface area contributed by atoms with Crippen LogP contribution in [0.2, 0.25) is 0 Å². The second-order valence-corrected chi connectivity index (χ2v) is 5.87. The minimum atomic E-state index is -0.327. The number of pyridine rings is 2. The highest BCUT2D eigenvalue weighted by Crippen LogP contribution is 2.36. The highest BCUT2D eigenvalue weighted by Gasteiger charge is 2.19. The number of hydrogen-bond acceptors (Lipinski definition) is 5. The van der Waals surface area contributed by atoms with Crippen LogP contribution in [0.1, 0.15) is 41.6 Å². The summed E-state index contributed by atoms with van der Waals surface area (Å²) in [4.78, 5) is 29.3. The minimum Gasteiger partial charge on any atom is -0.487 e. The predicted octanol–water partition coefficient (Wildman–Crippen LogP) is 3.00. The Balaban J connectivity index is 1.89. The van der Waals surface area contributed by atoms with Gasteiger partial charge in [0.15, 0.2) is 6.29 Å². The highest BCUT2D eigenvalue weighted by molar-refractivity contribution is 5.78. The summed E-state index contributed by atoms with van der Waals surface area (Å²) in [5.74, 6) is 0.986. The number of ether oxygens (including phenoxy) is 2. The summed E-state index contributed by atoms with van der Waals surface area (Å²) in [6.45, 7) is 0.361. The third-order valence-corrected chi connectivity index (χ3v) is 4.32. The van der Waals surface area contributed by atoms with Crippen LogP contribution in [0.5, 0.6) is 11.6 Å². The number of H-pyrrole nitrogens is 1. The number of aromatic amines is 1. The van der Waals surface area contributed by atoms with Crippen molar-refractivity contribution in [3.05, 3.63) is 57.6 Å². The Kier molecular flexibility index (Phi) is 5.28. The van der Waals surface area contributed by atoms with E-state index in [0.717, 1.165) is 31.2 Å². The van der Waals surface area contributed by atoms with Crippen molar-refractivity contribution < 1.29 is 14.3 Å². The van der Waals surface area contributed by atoms with Crippen molar-refractivity contribution in [1.82, 2.24) is 9.97 Å². The summed E-state index contributed by atoms with van der Waals surface area (Å²) < 4.78 is 11.2. The first-order valence-corrected chi connectivity index (χ1v) is 8.24. The molecular formula is C19H20N2O4. The van der Waals surface area contributed by atoms with Gasteiger partial charge in [-0.25, -0.2) is 4.98 Å². The van der Waals surface area contributed by atoms with Crippen LogP contribution >= 0.6 is 0 Å². The molecule has 25 heavy (non-hydrogen) atoms.